The van der Waals surface area contributed by atoms with Crippen LogP contribution in [0.4, 0.5) is 5.69 Å². The Balaban J connectivity index is 2.14. The van der Waals surface area contributed by atoms with Crippen LogP contribution in [0.3, 0.4) is 0 Å². The van der Waals surface area contributed by atoms with Crippen LogP contribution in [0.5, 0.6) is 0 Å². The minimum absolute atomic E-state index is 0.422. The zero-order valence-electron chi connectivity index (χ0n) is 8.89. The van der Waals surface area contributed by atoms with Crippen LogP contribution in [0.25, 0.3) is 0 Å². The highest BCUT2D eigenvalue weighted by Crippen LogP contribution is 2.26. The summed E-state index contributed by atoms with van der Waals surface area (Å²) in [7, 11) is 0. The van der Waals surface area contributed by atoms with Gasteiger partial charge in [0.15, 0.2) is 6.19 Å². The van der Waals surface area contributed by atoms with Gasteiger partial charge in [0.1, 0.15) is 0 Å². The summed E-state index contributed by atoms with van der Waals surface area (Å²) in [5.41, 5.74) is 1.03. The monoisotopic (exact) mass is 200 g/mol. The molecule has 1 aromatic rings. The van der Waals surface area contributed by atoms with Crippen LogP contribution in [-0.4, -0.2) is 6.04 Å². The molecular formula is C13H16N2. The summed E-state index contributed by atoms with van der Waals surface area (Å²) in [6.07, 6.45) is 8.47. The number of benzene rings is 1. The van der Waals surface area contributed by atoms with Gasteiger partial charge < -0.3 is 0 Å². The van der Waals surface area contributed by atoms with E-state index in [0.29, 0.717) is 6.04 Å². The summed E-state index contributed by atoms with van der Waals surface area (Å²) >= 11 is 0. The number of rotatable bonds is 2. The molecule has 15 heavy (non-hydrogen) atoms. The average Bonchev–Trinajstić information content (AvgIpc) is 2.33. The van der Waals surface area contributed by atoms with E-state index < -0.39 is 0 Å². The van der Waals surface area contributed by atoms with Crippen LogP contribution < -0.4 is 4.90 Å². The fraction of sp³-hybridized carbons (Fsp3) is 0.462. The van der Waals surface area contributed by atoms with Gasteiger partial charge in [-0.15, -0.1) is 0 Å². The molecule has 0 saturated heterocycles. The minimum Gasteiger partial charge on any atom is -0.276 e. The first-order valence-corrected chi connectivity index (χ1v) is 5.66. The van der Waals surface area contributed by atoms with E-state index in [4.69, 9.17) is 0 Å². The number of hydrogen-bond donors (Lipinski definition) is 0. The predicted molar refractivity (Wildman–Crippen MR) is 61.4 cm³/mol. The third-order valence-electron chi connectivity index (χ3n) is 3.08. The molecule has 1 aliphatic rings. The van der Waals surface area contributed by atoms with Crippen LogP contribution in [0.1, 0.15) is 32.1 Å². The summed E-state index contributed by atoms with van der Waals surface area (Å²) in [5, 5.41) is 9.21. The van der Waals surface area contributed by atoms with E-state index in [9.17, 15) is 5.26 Å². The molecule has 0 aliphatic heterocycles. The van der Waals surface area contributed by atoms with E-state index >= 15 is 0 Å². The maximum atomic E-state index is 9.21. The second-order valence-electron chi connectivity index (χ2n) is 4.10. The second-order valence-corrected chi connectivity index (χ2v) is 4.10. The molecule has 1 aromatic carbocycles. The quantitative estimate of drug-likeness (QED) is 0.541. The van der Waals surface area contributed by atoms with E-state index in [2.05, 4.69) is 6.19 Å². The van der Waals surface area contributed by atoms with E-state index in [1.165, 1.54) is 19.3 Å². The van der Waals surface area contributed by atoms with Crippen LogP contribution >= 0.6 is 0 Å². The van der Waals surface area contributed by atoms with Crippen LogP contribution in [0.15, 0.2) is 30.3 Å². The zero-order valence-corrected chi connectivity index (χ0v) is 8.89. The molecular weight excluding hydrogens is 184 g/mol. The molecule has 0 amide bonds. The number of para-hydroxylation sites is 1. The molecule has 0 bridgehead atoms. The third kappa shape index (κ3) is 2.30. The number of hydrogen-bond acceptors (Lipinski definition) is 2. The molecule has 2 heteroatoms. The molecule has 1 aliphatic carbocycles. The first-order valence-electron chi connectivity index (χ1n) is 5.66. The molecule has 0 radical (unpaired) electrons. The fourth-order valence-corrected chi connectivity index (χ4v) is 2.28. The molecule has 0 aromatic heterocycles. The highest BCUT2D eigenvalue weighted by molar-refractivity contribution is 5.51. The van der Waals surface area contributed by atoms with Gasteiger partial charge in [-0.1, -0.05) is 37.5 Å². The van der Waals surface area contributed by atoms with Crippen molar-refractivity contribution in [1.82, 2.24) is 0 Å². The molecule has 0 N–H and O–H groups in total. The van der Waals surface area contributed by atoms with Gasteiger partial charge >= 0.3 is 0 Å². The maximum Gasteiger partial charge on any atom is 0.184 e. The van der Waals surface area contributed by atoms with Gasteiger partial charge in [0.2, 0.25) is 0 Å². The highest BCUT2D eigenvalue weighted by Gasteiger charge is 2.20. The molecule has 0 heterocycles. The van der Waals surface area contributed by atoms with E-state index in [-0.39, 0.29) is 0 Å². The van der Waals surface area contributed by atoms with Gasteiger partial charge in [0.05, 0.1) is 5.69 Å². The Kier molecular flexibility index (Phi) is 3.24. The Bertz CT molecular complexity index is 333. The van der Waals surface area contributed by atoms with Crippen molar-refractivity contribution in [2.75, 3.05) is 4.90 Å². The van der Waals surface area contributed by atoms with Crippen LogP contribution in [0, 0.1) is 11.5 Å². The molecule has 1 fully saturated rings. The lowest BCUT2D eigenvalue weighted by Crippen LogP contribution is -2.32. The molecule has 1 saturated carbocycles. The van der Waals surface area contributed by atoms with E-state index in [0.717, 1.165) is 18.5 Å². The van der Waals surface area contributed by atoms with Gasteiger partial charge in [-0.05, 0) is 25.0 Å². The maximum absolute atomic E-state index is 9.21. The van der Waals surface area contributed by atoms with Crippen molar-refractivity contribution < 1.29 is 0 Å². The molecule has 0 spiro atoms. The van der Waals surface area contributed by atoms with Crippen LogP contribution in [-0.2, 0) is 0 Å². The van der Waals surface area contributed by atoms with Gasteiger partial charge in [-0.25, -0.2) is 0 Å². The molecule has 78 valence electrons. The smallest absolute Gasteiger partial charge is 0.184 e. The van der Waals surface area contributed by atoms with Crippen molar-refractivity contribution in [2.24, 2.45) is 0 Å². The molecule has 0 unspecified atom stereocenters. The van der Waals surface area contributed by atoms with Crippen molar-refractivity contribution in [1.29, 1.82) is 5.26 Å². The third-order valence-corrected chi connectivity index (χ3v) is 3.08. The van der Waals surface area contributed by atoms with Gasteiger partial charge in [0.25, 0.3) is 0 Å². The van der Waals surface area contributed by atoms with Gasteiger partial charge in [-0.3, -0.25) is 4.90 Å². The van der Waals surface area contributed by atoms with E-state index in [1.807, 2.05) is 35.2 Å². The Labute approximate surface area is 91.1 Å². The largest absolute Gasteiger partial charge is 0.276 e. The molecule has 2 nitrogen and oxygen atoms in total. The lowest BCUT2D eigenvalue weighted by Gasteiger charge is -2.29. The van der Waals surface area contributed by atoms with Gasteiger partial charge in [0, 0.05) is 6.04 Å². The fourth-order valence-electron chi connectivity index (χ4n) is 2.28. The average molecular weight is 200 g/mol. The van der Waals surface area contributed by atoms with Crippen molar-refractivity contribution >= 4 is 5.69 Å². The van der Waals surface area contributed by atoms with Crippen molar-refractivity contribution in [3.8, 4) is 6.19 Å². The summed E-state index contributed by atoms with van der Waals surface area (Å²) in [6, 6.07) is 10.4. The standard InChI is InChI=1S/C13H16N2/c14-11-15(12-7-3-1-4-8-12)13-9-5-2-6-10-13/h1,3-4,7-8,13H,2,5-6,9-10H2. The normalized spacial score (nSPS) is 17.0. The zero-order chi connectivity index (χ0) is 10.5. The molecule has 2 rings (SSSR count). The van der Waals surface area contributed by atoms with Crippen molar-refractivity contribution in [3.63, 3.8) is 0 Å². The summed E-state index contributed by atoms with van der Waals surface area (Å²) in [6.45, 7) is 0. The van der Waals surface area contributed by atoms with Gasteiger partial charge in [-0.2, -0.15) is 5.26 Å². The molecule has 0 atom stereocenters. The Morgan fingerprint density at radius 3 is 2.33 bits per heavy atom. The predicted octanol–water partition coefficient (Wildman–Crippen LogP) is 3.31. The van der Waals surface area contributed by atoms with Crippen LogP contribution in [0.2, 0.25) is 0 Å². The topological polar surface area (TPSA) is 27.0 Å². The summed E-state index contributed by atoms with van der Waals surface area (Å²) in [4.78, 5) is 1.87. The van der Waals surface area contributed by atoms with Crippen molar-refractivity contribution in [3.05, 3.63) is 30.3 Å². The Morgan fingerprint density at radius 2 is 1.73 bits per heavy atom. The summed E-state index contributed by atoms with van der Waals surface area (Å²) < 4.78 is 0. The first-order chi connectivity index (χ1) is 7.42. The first kappa shape index (κ1) is 10.0. The number of nitrogens with zero attached hydrogens (tertiary/aromatic N) is 2. The number of nitriles is 1. The summed E-state index contributed by atoms with van der Waals surface area (Å²) in [5.74, 6) is 0. The van der Waals surface area contributed by atoms with Crippen molar-refractivity contribution in [2.45, 2.75) is 38.1 Å². The van der Waals surface area contributed by atoms with E-state index in [1.54, 1.807) is 0 Å². The highest BCUT2D eigenvalue weighted by atomic mass is 15.2. The Morgan fingerprint density at radius 1 is 1.07 bits per heavy atom. The SMILES string of the molecule is N#CN(c1ccccc1)C1CCCCC1. The number of anilines is 1. The second kappa shape index (κ2) is 4.84. The lowest BCUT2D eigenvalue weighted by molar-refractivity contribution is 0.436. The lowest BCUT2D eigenvalue weighted by atomic mass is 9.94. The Hall–Kier alpha value is -1.49. The minimum atomic E-state index is 0.422.